The fourth-order valence-electron chi connectivity index (χ4n) is 3.31. The number of halogens is 2. The number of anilines is 1. The minimum Gasteiger partial charge on any atom is -0.354 e. The number of rotatable bonds is 10. The summed E-state index contributed by atoms with van der Waals surface area (Å²) in [4.78, 5) is 27.4. The lowest BCUT2D eigenvalue weighted by Gasteiger charge is -2.32. The molecule has 34 heavy (non-hydrogen) atoms. The van der Waals surface area contributed by atoms with Crippen LogP contribution in [0.15, 0.2) is 42.5 Å². The Morgan fingerprint density at radius 1 is 1.09 bits per heavy atom. The van der Waals surface area contributed by atoms with E-state index in [2.05, 4.69) is 5.32 Å². The zero-order valence-corrected chi connectivity index (χ0v) is 21.6. The lowest BCUT2D eigenvalue weighted by molar-refractivity contribution is -0.139. The first kappa shape index (κ1) is 27.6. The number of carbonyl (C=O) groups is 2. The lowest BCUT2D eigenvalue weighted by atomic mass is 10.1. The first-order valence-corrected chi connectivity index (χ1v) is 13.1. The molecule has 2 aromatic rings. The molecule has 0 saturated heterocycles. The third-order valence-corrected chi connectivity index (χ3v) is 6.87. The second kappa shape index (κ2) is 11.7. The van der Waals surface area contributed by atoms with Gasteiger partial charge in [0, 0.05) is 23.7 Å². The van der Waals surface area contributed by atoms with E-state index < -0.39 is 40.2 Å². The van der Waals surface area contributed by atoms with Gasteiger partial charge >= 0.3 is 0 Å². The first-order chi connectivity index (χ1) is 15.8. The van der Waals surface area contributed by atoms with Gasteiger partial charge in [-0.15, -0.1) is 0 Å². The molecule has 0 aliphatic carbocycles. The van der Waals surface area contributed by atoms with E-state index in [1.165, 1.54) is 30.0 Å². The summed E-state index contributed by atoms with van der Waals surface area (Å²) < 4.78 is 40.6. The molecule has 1 N–H and O–H groups in total. The molecule has 0 bridgehead atoms. The molecule has 0 heterocycles. The van der Waals surface area contributed by atoms with Gasteiger partial charge in [0.15, 0.2) is 0 Å². The molecule has 7 nitrogen and oxygen atoms in total. The van der Waals surface area contributed by atoms with E-state index in [0.717, 1.165) is 10.6 Å². The summed E-state index contributed by atoms with van der Waals surface area (Å²) in [5.41, 5.74) is 0.959. The number of benzene rings is 2. The third-order valence-electron chi connectivity index (χ3n) is 5.34. The normalized spacial score (nSPS) is 12.4. The van der Waals surface area contributed by atoms with Crippen LogP contribution in [0.2, 0.25) is 5.02 Å². The average molecular weight is 512 g/mol. The Hall–Kier alpha value is -2.65. The van der Waals surface area contributed by atoms with E-state index in [0.29, 0.717) is 17.1 Å². The van der Waals surface area contributed by atoms with Gasteiger partial charge < -0.3 is 10.2 Å². The van der Waals surface area contributed by atoms with Gasteiger partial charge in [-0.05, 0) is 43.5 Å². The van der Waals surface area contributed by atoms with E-state index in [4.69, 9.17) is 11.6 Å². The van der Waals surface area contributed by atoms with Gasteiger partial charge in [0.1, 0.15) is 18.4 Å². The van der Waals surface area contributed by atoms with E-state index in [9.17, 15) is 22.4 Å². The van der Waals surface area contributed by atoms with Gasteiger partial charge in [-0.2, -0.15) is 0 Å². The molecule has 2 amide bonds. The predicted molar refractivity (Wildman–Crippen MR) is 133 cm³/mol. The molecule has 0 unspecified atom stereocenters. The van der Waals surface area contributed by atoms with Crippen molar-refractivity contribution in [2.45, 2.75) is 40.3 Å². The summed E-state index contributed by atoms with van der Waals surface area (Å²) in [6.07, 6.45) is 0.987. The largest absolute Gasteiger partial charge is 0.354 e. The zero-order chi connectivity index (χ0) is 25.6. The highest BCUT2D eigenvalue weighted by molar-refractivity contribution is 7.92. The highest BCUT2D eigenvalue weighted by Crippen LogP contribution is 2.28. The molecule has 186 valence electrons. The summed E-state index contributed by atoms with van der Waals surface area (Å²) in [6.45, 7) is 6.69. The fraction of sp³-hybridized carbons (Fsp3) is 0.417. The molecular formula is C24H31ClFN3O4S. The van der Waals surface area contributed by atoms with Crippen molar-refractivity contribution in [1.82, 2.24) is 10.2 Å². The Morgan fingerprint density at radius 3 is 2.32 bits per heavy atom. The van der Waals surface area contributed by atoms with Crippen molar-refractivity contribution in [2.24, 2.45) is 5.92 Å². The maximum Gasteiger partial charge on any atom is 0.244 e. The number of sulfonamides is 1. The quantitative estimate of drug-likeness (QED) is 0.526. The predicted octanol–water partition coefficient (Wildman–Crippen LogP) is 3.74. The standard InChI is InChI=1S/C24H31ClFN3O4S/c1-16(2)13-27-24(31)18(4)28(14-19-9-6-7-11-21(19)26)23(30)15-29(34(5,32)33)22-12-8-10-20(25)17(22)3/h6-12,16,18H,13-15H2,1-5H3,(H,27,31)/t18-/m1/s1. The highest BCUT2D eigenvalue weighted by Gasteiger charge is 2.31. The van der Waals surface area contributed by atoms with Crippen LogP contribution in [-0.2, 0) is 26.2 Å². The Kier molecular flexibility index (Phi) is 9.46. The third kappa shape index (κ3) is 7.17. The Balaban J connectivity index is 2.43. The first-order valence-electron chi connectivity index (χ1n) is 10.9. The zero-order valence-electron chi connectivity index (χ0n) is 20.0. The topological polar surface area (TPSA) is 86.8 Å². The Bertz CT molecular complexity index is 1140. The number of nitrogens with one attached hydrogen (secondary N) is 1. The minimum atomic E-state index is -3.88. The number of nitrogens with zero attached hydrogens (tertiary/aromatic N) is 2. The highest BCUT2D eigenvalue weighted by atomic mass is 35.5. The number of carbonyl (C=O) groups excluding carboxylic acids is 2. The number of hydrogen-bond donors (Lipinski definition) is 1. The Labute approximate surface area is 205 Å². The molecule has 0 saturated carbocycles. The number of amides is 2. The molecular weight excluding hydrogens is 481 g/mol. The average Bonchev–Trinajstić information content (AvgIpc) is 2.76. The molecule has 1 atom stereocenters. The maximum absolute atomic E-state index is 14.4. The van der Waals surface area contributed by atoms with Crippen LogP contribution in [-0.4, -0.2) is 50.5 Å². The van der Waals surface area contributed by atoms with Gasteiger partial charge in [-0.3, -0.25) is 13.9 Å². The second-order valence-electron chi connectivity index (χ2n) is 8.58. The molecule has 10 heteroatoms. The molecule has 0 fully saturated rings. The van der Waals surface area contributed by atoms with E-state index >= 15 is 0 Å². The Morgan fingerprint density at radius 2 is 1.74 bits per heavy atom. The van der Waals surface area contributed by atoms with E-state index in [-0.39, 0.29) is 23.7 Å². The minimum absolute atomic E-state index is 0.193. The van der Waals surface area contributed by atoms with Crippen LogP contribution in [0.1, 0.15) is 31.9 Å². The van der Waals surface area contributed by atoms with Gasteiger partial charge in [-0.25, -0.2) is 12.8 Å². The van der Waals surface area contributed by atoms with Crippen LogP contribution in [0, 0.1) is 18.7 Å². The van der Waals surface area contributed by atoms with Crippen LogP contribution in [0.25, 0.3) is 0 Å². The molecule has 0 spiro atoms. The van der Waals surface area contributed by atoms with Crippen molar-refractivity contribution in [2.75, 3.05) is 23.7 Å². The summed E-state index contributed by atoms with van der Waals surface area (Å²) in [6, 6.07) is 9.73. The molecule has 0 aromatic heterocycles. The molecule has 0 aliphatic rings. The van der Waals surface area contributed by atoms with Crippen molar-refractivity contribution < 1.29 is 22.4 Å². The number of hydrogen-bond acceptors (Lipinski definition) is 4. The fourth-order valence-corrected chi connectivity index (χ4v) is 4.38. The molecule has 2 aromatic carbocycles. The van der Waals surface area contributed by atoms with Crippen LogP contribution in [0.5, 0.6) is 0 Å². The van der Waals surface area contributed by atoms with Gasteiger partial charge in [0.25, 0.3) is 0 Å². The summed E-state index contributed by atoms with van der Waals surface area (Å²) in [7, 11) is -3.88. The van der Waals surface area contributed by atoms with Crippen molar-refractivity contribution >= 4 is 39.1 Å². The second-order valence-corrected chi connectivity index (χ2v) is 10.9. The van der Waals surface area contributed by atoms with Crippen LogP contribution in [0.3, 0.4) is 0 Å². The summed E-state index contributed by atoms with van der Waals surface area (Å²) in [5, 5.41) is 3.12. The van der Waals surface area contributed by atoms with Gasteiger partial charge in [0.05, 0.1) is 11.9 Å². The smallest absolute Gasteiger partial charge is 0.244 e. The summed E-state index contributed by atoms with van der Waals surface area (Å²) in [5.74, 6) is -1.40. The molecule has 2 rings (SSSR count). The molecule has 0 radical (unpaired) electrons. The van der Waals surface area contributed by atoms with Gasteiger partial charge in [0.2, 0.25) is 21.8 Å². The van der Waals surface area contributed by atoms with E-state index in [1.807, 2.05) is 13.8 Å². The lowest BCUT2D eigenvalue weighted by Crippen LogP contribution is -2.51. The summed E-state index contributed by atoms with van der Waals surface area (Å²) >= 11 is 6.17. The monoisotopic (exact) mass is 511 g/mol. The van der Waals surface area contributed by atoms with Crippen LogP contribution >= 0.6 is 11.6 Å². The SMILES string of the molecule is Cc1c(Cl)cccc1N(CC(=O)N(Cc1ccccc1F)[C@H](C)C(=O)NCC(C)C)S(C)(=O)=O. The van der Waals surface area contributed by atoms with Crippen molar-refractivity contribution in [3.05, 3.63) is 64.4 Å². The molecule has 0 aliphatic heterocycles. The van der Waals surface area contributed by atoms with E-state index in [1.54, 1.807) is 31.2 Å². The van der Waals surface area contributed by atoms with Crippen molar-refractivity contribution in [3.63, 3.8) is 0 Å². The van der Waals surface area contributed by atoms with Crippen molar-refractivity contribution in [1.29, 1.82) is 0 Å². The van der Waals surface area contributed by atoms with Crippen LogP contribution < -0.4 is 9.62 Å². The maximum atomic E-state index is 14.4. The van der Waals surface area contributed by atoms with Crippen LogP contribution in [0.4, 0.5) is 10.1 Å². The van der Waals surface area contributed by atoms with Crippen molar-refractivity contribution in [3.8, 4) is 0 Å². The van der Waals surface area contributed by atoms with Gasteiger partial charge in [-0.1, -0.05) is 49.7 Å².